The predicted molar refractivity (Wildman–Crippen MR) is 108 cm³/mol. The van der Waals surface area contributed by atoms with Crippen LogP contribution in [0.3, 0.4) is 0 Å². The fraction of sp³-hybridized carbons (Fsp3) is 0.381. The zero-order chi connectivity index (χ0) is 19.2. The normalized spacial score (nSPS) is 20.7. The van der Waals surface area contributed by atoms with Crippen LogP contribution in [0.4, 0.5) is 5.82 Å². The third-order valence-electron chi connectivity index (χ3n) is 5.11. The van der Waals surface area contributed by atoms with Crippen molar-refractivity contribution >= 4 is 23.4 Å². The molecule has 5 nitrogen and oxygen atoms in total. The number of fused-ring (bicyclic) bond motifs is 1. The minimum atomic E-state index is -0.377. The summed E-state index contributed by atoms with van der Waals surface area (Å²) < 4.78 is 0. The van der Waals surface area contributed by atoms with Crippen molar-refractivity contribution < 1.29 is 4.79 Å². The highest BCUT2D eigenvalue weighted by Gasteiger charge is 2.42. The monoisotopic (exact) mass is 381 g/mol. The molecule has 2 aliphatic rings. The molecule has 0 bridgehead atoms. The Hall–Kier alpha value is -2.34. The highest BCUT2D eigenvalue weighted by atomic mass is 32.2. The van der Waals surface area contributed by atoms with Gasteiger partial charge >= 0.3 is 0 Å². The summed E-state index contributed by atoms with van der Waals surface area (Å²) in [5, 5.41) is 3.94. The standard InChI is InChI=1S/C21H23N3O2S/c1-4-27-20-23-18-17(19(26)24-20)15(12-8-6-5-7-9-12)16-13(22-18)10-21(2,3)11-14(16)25/h5-9,15H,4,10-11H2,1-3H3,(H2,22,23,24,26). The molecule has 0 fully saturated rings. The van der Waals surface area contributed by atoms with Gasteiger partial charge in [0.2, 0.25) is 0 Å². The predicted octanol–water partition coefficient (Wildman–Crippen LogP) is 4.08. The van der Waals surface area contributed by atoms with E-state index in [4.69, 9.17) is 0 Å². The molecule has 0 radical (unpaired) electrons. The second kappa shape index (κ2) is 6.68. The summed E-state index contributed by atoms with van der Waals surface area (Å²) in [6, 6.07) is 9.78. The summed E-state index contributed by atoms with van der Waals surface area (Å²) in [5.41, 5.74) is 2.82. The summed E-state index contributed by atoms with van der Waals surface area (Å²) in [4.78, 5) is 33.6. The summed E-state index contributed by atoms with van der Waals surface area (Å²) >= 11 is 1.50. The largest absolute Gasteiger partial charge is 0.343 e. The summed E-state index contributed by atoms with van der Waals surface area (Å²) in [5.74, 6) is 1.13. The van der Waals surface area contributed by atoms with Gasteiger partial charge in [-0.05, 0) is 23.2 Å². The molecule has 1 aliphatic heterocycles. The molecule has 1 aliphatic carbocycles. The van der Waals surface area contributed by atoms with Crippen LogP contribution in [-0.4, -0.2) is 21.5 Å². The average Bonchev–Trinajstić information content (AvgIpc) is 2.60. The topological polar surface area (TPSA) is 74.8 Å². The number of nitrogens with one attached hydrogen (secondary N) is 2. The van der Waals surface area contributed by atoms with Crippen molar-refractivity contribution in [1.82, 2.24) is 9.97 Å². The van der Waals surface area contributed by atoms with Gasteiger partial charge < -0.3 is 10.3 Å². The molecule has 6 heteroatoms. The lowest BCUT2D eigenvalue weighted by molar-refractivity contribution is -0.118. The van der Waals surface area contributed by atoms with E-state index in [2.05, 4.69) is 29.1 Å². The smallest absolute Gasteiger partial charge is 0.257 e. The number of benzene rings is 1. The molecule has 27 heavy (non-hydrogen) atoms. The number of anilines is 1. The van der Waals surface area contributed by atoms with Crippen LogP contribution in [-0.2, 0) is 4.79 Å². The molecule has 1 aromatic heterocycles. The lowest BCUT2D eigenvalue weighted by Gasteiger charge is -2.38. The van der Waals surface area contributed by atoms with Crippen LogP contribution in [0.5, 0.6) is 0 Å². The van der Waals surface area contributed by atoms with Crippen molar-refractivity contribution in [3.8, 4) is 0 Å². The summed E-state index contributed by atoms with van der Waals surface area (Å²) in [6.07, 6.45) is 1.25. The van der Waals surface area contributed by atoms with Crippen molar-refractivity contribution in [1.29, 1.82) is 0 Å². The van der Waals surface area contributed by atoms with Crippen LogP contribution in [0.2, 0.25) is 0 Å². The van der Waals surface area contributed by atoms with Crippen molar-refractivity contribution in [3.05, 3.63) is 63.1 Å². The molecule has 1 aromatic carbocycles. The number of carbonyl (C=O) groups is 1. The van der Waals surface area contributed by atoms with E-state index in [1.807, 2.05) is 37.3 Å². The first kappa shape index (κ1) is 18.0. The Morgan fingerprint density at radius 3 is 2.63 bits per heavy atom. The molecule has 4 rings (SSSR count). The average molecular weight is 382 g/mol. The maximum atomic E-state index is 13.1. The number of hydrogen-bond donors (Lipinski definition) is 2. The number of H-pyrrole nitrogens is 1. The second-order valence-electron chi connectivity index (χ2n) is 7.87. The zero-order valence-corrected chi connectivity index (χ0v) is 16.6. The van der Waals surface area contributed by atoms with Gasteiger partial charge in [0.15, 0.2) is 10.9 Å². The third-order valence-corrected chi connectivity index (χ3v) is 5.87. The number of carbonyl (C=O) groups excluding carboxylic acids is 1. The molecule has 1 atom stereocenters. The van der Waals surface area contributed by atoms with E-state index in [1.165, 1.54) is 11.8 Å². The minimum absolute atomic E-state index is 0.107. The summed E-state index contributed by atoms with van der Waals surface area (Å²) in [7, 11) is 0. The van der Waals surface area contributed by atoms with Gasteiger partial charge in [-0.15, -0.1) is 0 Å². The van der Waals surface area contributed by atoms with Crippen molar-refractivity contribution in [2.75, 3.05) is 11.1 Å². The van der Waals surface area contributed by atoms with Crippen molar-refractivity contribution in [3.63, 3.8) is 0 Å². The molecule has 2 aromatic rings. The van der Waals surface area contributed by atoms with Gasteiger partial charge in [-0.25, -0.2) is 4.98 Å². The molecule has 0 spiro atoms. The molecule has 1 unspecified atom stereocenters. The van der Waals surface area contributed by atoms with Crippen LogP contribution in [0.25, 0.3) is 0 Å². The number of thioether (sulfide) groups is 1. The number of hydrogen-bond acceptors (Lipinski definition) is 5. The van der Waals surface area contributed by atoms with E-state index in [0.717, 1.165) is 29.0 Å². The fourth-order valence-corrected chi connectivity index (χ4v) is 4.67. The number of aromatic nitrogens is 2. The highest BCUT2D eigenvalue weighted by molar-refractivity contribution is 7.99. The quantitative estimate of drug-likeness (QED) is 0.619. The van der Waals surface area contributed by atoms with Gasteiger partial charge in [-0.1, -0.05) is 62.9 Å². The molecule has 0 amide bonds. The molecule has 0 saturated heterocycles. The van der Waals surface area contributed by atoms with E-state index in [-0.39, 0.29) is 22.7 Å². The summed E-state index contributed by atoms with van der Waals surface area (Å²) in [6.45, 7) is 6.23. The Bertz CT molecular complexity index is 992. The van der Waals surface area contributed by atoms with Crippen LogP contribution in [0.1, 0.15) is 50.7 Å². The Kier molecular flexibility index (Phi) is 4.46. The van der Waals surface area contributed by atoms with E-state index in [0.29, 0.717) is 23.0 Å². The second-order valence-corrected chi connectivity index (χ2v) is 9.12. The number of nitrogens with zero attached hydrogens (tertiary/aromatic N) is 1. The molecule has 0 saturated carbocycles. The number of ketones is 1. The van der Waals surface area contributed by atoms with Gasteiger partial charge in [-0.2, -0.15) is 0 Å². The van der Waals surface area contributed by atoms with E-state index >= 15 is 0 Å². The van der Waals surface area contributed by atoms with Crippen molar-refractivity contribution in [2.24, 2.45) is 5.41 Å². The maximum Gasteiger partial charge on any atom is 0.257 e. The lowest BCUT2D eigenvalue weighted by Crippen LogP contribution is -2.37. The minimum Gasteiger partial charge on any atom is -0.343 e. The van der Waals surface area contributed by atoms with Crippen LogP contribution in [0.15, 0.2) is 51.6 Å². The van der Waals surface area contributed by atoms with E-state index in [9.17, 15) is 9.59 Å². The number of rotatable bonds is 3. The first-order chi connectivity index (χ1) is 12.9. The molecule has 2 heterocycles. The maximum absolute atomic E-state index is 13.1. The van der Waals surface area contributed by atoms with Gasteiger partial charge in [0.25, 0.3) is 5.56 Å². The SMILES string of the molecule is CCSc1nc2c(c(=O)[nH]1)C(c1ccccc1)C1=C(CC(C)(C)CC1=O)N2. The fourth-order valence-electron chi connectivity index (χ4n) is 4.08. The van der Waals surface area contributed by atoms with Gasteiger partial charge in [-0.3, -0.25) is 9.59 Å². The molecule has 140 valence electrons. The van der Waals surface area contributed by atoms with Crippen LogP contribution in [0, 0.1) is 5.41 Å². The van der Waals surface area contributed by atoms with Gasteiger partial charge in [0, 0.05) is 23.6 Å². The number of allylic oxidation sites excluding steroid dienone is 2. The van der Waals surface area contributed by atoms with Crippen LogP contribution < -0.4 is 10.9 Å². The Labute approximate surface area is 162 Å². The molecular formula is C21H23N3O2S. The van der Waals surface area contributed by atoms with Crippen molar-refractivity contribution in [2.45, 2.75) is 44.7 Å². The zero-order valence-electron chi connectivity index (χ0n) is 15.8. The Morgan fingerprint density at radius 2 is 1.93 bits per heavy atom. The lowest BCUT2D eigenvalue weighted by atomic mass is 9.69. The Balaban J connectivity index is 1.95. The van der Waals surface area contributed by atoms with Gasteiger partial charge in [0.05, 0.1) is 5.56 Å². The molecular weight excluding hydrogens is 358 g/mol. The number of aromatic amines is 1. The highest BCUT2D eigenvalue weighted by Crippen LogP contribution is 2.47. The Morgan fingerprint density at radius 1 is 1.19 bits per heavy atom. The van der Waals surface area contributed by atoms with E-state index in [1.54, 1.807) is 0 Å². The molecule has 2 N–H and O–H groups in total. The van der Waals surface area contributed by atoms with E-state index < -0.39 is 0 Å². The first-order valence-corrected chi connectivity index (χ1v) is 10.2. The van der Waals surface area contributed by atoms with Gasteiger partial charge in [0.1, 0.15) is 5.82 Å². The first-order valence-electron chi connectivity index (χ1n) is 9.25. The number of Topliss-reactive ketones (excluding diaryl/α,β-unsaturated/α-hetero) is 1. The van der Waals surface area contributed by atoms with Crippen LogP contribution >= 0.6 is 11.8 Å². The third kappa shape index (κ3) is 3.23.